The van der Waals surface area contributed by atoms with Crippen LogP contribution < -0.4 is 4.74 Å². The Bertz CT molecular complexity index is 578. The molecule has 0 aromatic heterocycles. The highest BCUT2D eigenvalue weighted by Crippen LogP contribution is 2.27. The van der Waals surface area contributed by atoms with Crippen molar-refractivity contribution in [2.24, 2.45) is 5.92 Å². The van der Waals surface area contributed by atoms with E-state index >= 15 is 0 Å². The van der Waals surface area contributed by atoms with Crippen LogP contribution in [0, 0.1) is 12.8 Å². The molecule has 1 aromatic carbocycles. The number of benzene rings is 1. The number of aryl methyl sites for hydroxylation is 1. The fourth-order valence-electron chi connectivity index (χ4n) is 3.40. The van der Waals surface area contributed by atoms with Gasteiger partial charge in [0.05, 0.1) is 13.2 Å². The van der Waals surface area contributed by atoms with Crippen LogP contribution in [0.4, 0.5) is 0 Å². The smallest absolute Gasteiger partial charge is 0.226 e. The van der Waals surface area contributed by atoms with E-state index in [4.69, 9.17) is 4.74 Å². The van der Waals surface area contributed by atoms with E-state index in [1.807, 2.05) is 32.9 Å². The molecule has 126 valence electrons. The van der Waals surface area contributed by atoms with Gasteiger partial charge in [0.15, 0.2) is 5.78 Å². The fraction of sp³-hybridized carbons (Fsp3) is 0.579. The molecule has 1 amide bonds. The Balaban J connectivity index is 2.20. The lowest BCUT2D eigenvalue weighted by Crippen LogP contribution is -2.43. The molecule has 0 N–H and O–H groups in total. The molecule has 1 aromatic rings. The number of rotatable bonds is 6. The normalized spacial score (nSPS) is 17.6. The number of carbonyl (C=O) groups is 2. The molecule has 4 nitrogen and oxygen atoms in total. The summed E-state index contributed by atoms with van der Waals surface area (Å²) in [6.07, 6.45) is 3.32. The third-order valence-electron chi connectivity index (χ3n) is 4.85. The number of likely N-dealkylation sites (tertiary alicyclic amines) is 1. The molecule has 1 aliphatic rings. The fourth-order valence-corrected chi connectivity index (χ4v) is 3.40. The number of amides is 1. The topological polar surface area (TPSA) is 46.6 Å². The second-order valence-corrected chi connectivity index (χ2v) is 6.25. The third-order valence-corrected chi connectivity index (χ3v) is 4.85. The van der Waals surface area contributed by atoms with E-state index in [2.05, 4.69) is 0 Å². The van der Waals surface area contributed by atoms with E-state index in [1.54, 1.807) is 18.1 Å². The van der Waals surface area contributed by atoms with Gasteiger partial charge in [0, 0.05) is 18.0 Å². The maximum absolute atomic E-state index is 12.9. The summed E-state index contributed by atoms with van der Waals surface area (Å²) in [5, 5.41) is 0. The van der Waals surface area contributed by atoms with Gasteiger partial charge in [0.1, 0.15) is 5.75 Å². The number of hydrogen-bond donors (Lipinski definition) is 0. The Morgan fingerprint density at radius 2 is 2.00 bits per heavy atom. The third kappa shape index (κ3) is 3.57. The van der Waals surface area contributed by atoms with Crippen LogP contribution in [0.3, 0.4) is 0 Å². The molecule has 1 fully saturated rings. The predicted octanol–water partition coefficient (Wildman–Crippen LogP) is 3.61. The first-order valence-electron chi connectivity index (χ1n) is 8.52. The average molecular weight is 317 g/mol. The van der Waals surface area contributed by atoms with Crippen molar-refractivity contribution in [3.63, 3.8) is 0 Å². The summed E-state index contributed by atoms with van der Waals surface area (Å²) in [4.78, 5) is 27.4. The molecule has 1 unspecified atom stereocenters. The predicted molar refractivity (Wildman–Crippen MR) is 90.9 cm³/mol. The molecule has 1 saturated heterocycles. The summed E-state index contributed by atoms with van der Waals surface area (Å²) in [5.74, 6) is 0.989. The van der Waals surface area contributed by atoms with E-state index < -0.39 is 0 Å². The average Bonchev–Trinajstić information content (AvgIpc) is 3.04. The summed E-state index contributed by atoms with van der Waals surface area (Å²) in [7, 11) is 1.62. The summed E-state index contributed by atoms with van der Waals surface area (Å²) < 4.78 is 5.25. The van der Waals surface area contributed by atoms with Gasteiger partial charge in [-0.2, -0.15) is 0 Å². The minimum absolute atomic E-state index is 0.0287. The van der Waals surface area contributed by atoms with Gasteiger partial charge >= 0.3 is 0 Å². The van der Waals surface area contributed by atoms with Gasteiger partial charge in [-0.05, 0) is 56.4 Å². The molecule has 23 heavy (non-hydrogen) atoms. The van der Waals surface area contributed by atoms with Gasteiger partial charge in [0.2, 0.25) is 5.91 Å². The van der Waals surface area contributed by atoms with Crippen molar-refractivity contribution in [2.45, 2.75) is 52.5 Å². The molecule has 2 rings (SSSR count). The summed E-state index contributed by atoms with van der Waals surface area (Å²) in [6, 6.07) is 5.17. The lowest BCUT2D eigenvalue weighted by Gasteiger charge is -2.27. The number of Topliss-reactive ketones (excluding diaryl/α,β-unsaturated/α-hetero) is 1. The minimum atomic E-state index is -0.309. The number of ketones is 1. The Labute approximate surface area is 138 Å². The summed E-state index contributed by atoms with van der Waals surface area (Å²) >= 11 is 0. The Morgan fingerprint density at radius 3 is 2.57 bits per heavy atom. The lowest BCUT2D eigenvalue weighted by molar-refractivity contribution is -0.135. The quantitative estimate of drug-likeness (QED) is 0.753. The summed E-state index contributed by atoms with van der Waals surface area (Å²) in [6.45, 7) is 6.69. The van der Waals surface area contributed by atoms with E-state index in [0.717, 1.165) is 37.0 Å². The van der Waals surface area contributed by atoms with Crippen molar-refractivity contribution in [2.75, 3.05) is 13.7 Å². The van der Waals surface area contributed by atoms with Gasteiger partial charge in [-0.15, -0.1) is 0 Å². The molecule has 1 atom stereocenters. The maximum Gasteiger partial charge on any atom is 0.226 e. The van der Waals surface area contributed by atoms with Crippen molar-refractivity contribution in [3.05, 3.63) is 29.3 Å². The van der Waals surface area contributed by atoms with Crippen LogP contribution in [0.1, 0.15) is 55.5 Å². The Hall–Kier alpha value is -1.84. The zero-order chi connectivity index (χ0) is 17.0. The Morgan fingerprint density at radius 1 is 1.30 bits per heavy atom. The monoisotopic (exact) mass is 317 g/mol. The van der Waals surface area contributed by atoms with Crippen molar-refractivity contribution in [1.82, 2.24) is 4.90 Å². The van der Waals surface area contributed by atoms with E-state index in [1.165, 1.54) is 0 Å². The van der Waals surface area contributed by atoms with Crippen LogP contribution in [0.15, 0.2) is 18.2 Å². The number of ether oxygens (including phenoxy) is 1. The highest BCUT2D eigenvalue weighted by atomic mass is 16.5. The van der Waals surface area contributed by atoms with Crippen molar-refractivity contribution >= 4 is 11.7 Å². The van der Waals surface area contributed by atoms with Gasteiger partial charge in [0.25, 0.3) is 0 Å². The standard InChI is InChI=1S/C19H27NO3/c1-5-14(6-2)19(22)20-11-7-8-16(20)18(21)15-9-10-17(23-4)13(3)12-15/h9-10,12,14,16H,5-8,11H2,1-4H3. The highest BCUT2D eigenvalue weighted by molar-refractivity contribution is 6.02. The molecule has 0 aliphatic carbocycles. The van der Waals surface area contributed by atoms with E-state index in [-0.39, 0.29) is 23.7 Å². The second-order valence-electron chi connectivity index (χ2n) is 6.25. The molecule has 0 spiro atoms. The Kier molecular flexibility index (Phi) is 5.80. The van der Waals surface area contributed by atoms with Crippen LogP contribution in [0.5, 0.6) is 5.75 Å². The van der Waals surface area contributed by atoms with Crippen LogP contribution in [0.25, 0.3) is 0 Å². The van der Waals surface area contributed by atoms with Crippen LogP contribution in [0.2, 0.25) is 0 Å². The highest BCUT2D eigenvalue weighted by Gasteiger charge is 2.36. The first-order chi connectivity index (χ1) is 11.0. The number of carbonyl (C=O) groups excluding carboxylic acids is 2. The minimum Gasteiger partial charge on any atom is -0.496 e. The second kappa shape index (κ2) is 7.62. The molecule has 4 heteroatoms. The molecule has 0 radical (unpaired) electrons. The molecule has 0 saturated carbocycles. The molecular weight excluding hydrogens is 290 g/mol. The zero-order valence-electron chi connectivity index (χ0n) is 14.6. The number of methoxy groups -OCH3 is 1. The molecule has 1 heterocycles. The first-order valence-corrected chi connectivity index (χ1v) is 8.52. The zero-order valence-corrected chi connectivity index (χ0v) is 14.6. The van der Waals surface area contributed by atoms with Gasteiger partial charge in [-0.1, -0.05) is 13.8 Å². The van der Waals surface area contributed by atoms with E-state index in [0.29, 0.717) is 12.1 Å². The lowest BCUT2D eigenvalue weighted by atomic mass is 9.97. The molecule has 0 bridgehead atoms. The molecule has 1 aliphatic heterocycles. The SMILES string of the molecule is CCC(CC)C(=O)N1CCCC1C(=O)c1ccc(OC)c(C)c1. The van der Waals surface area contributed by atoms with Gasteiger partial charge < -0.3 is 9.64 Å². The van der Waals surface area contributed by atoms with Crippen molar-refractivity contribution in [3.8, 4) is 5.75 Å². The number of nitrogens with zero attached hydrogens (tertiary/aromatic N) is 1. The maximum atomic E-state index is 12.9. The van der Waals surface area contributed by atoms with Crippen molar-refractivity contribution in [1.29, 1.82) is 0 Å². The van der Waals surface area contributed by atoms with Crippen LogP contribution >= 0.6 is 0 Å². The van der Waals surface area contributed by atoms with E-state index in [9.17, 15) is 9.59 Å². The largest absolute Gasteiger partial charge is 0.496 e. The molecular formula is C19H27NO3. The van der Waals surface area contributed by atoms with Gasteiger partial charge in [-0.3, -0.25) is 9.59 Å². The first kappa shape index (κ1) is 17.5. The number of hydrogen-bond acceptors (Lipinski definition) is 3. The summed E-state index contributed by atoms with van der Waals surface area (Å²) in [5.41, 5.74) is 1.60. The van der Waals surface area contributed by atoms with Crippen LogP contribution in [-0.4, -0.2) is 36.3 Å². The van der Waals surface area contributed by atoms with Crippen LogP contribution in [-0.2, 0) is 4.79 Å². The van der Waals surface area contributed by atoms with Gasteiger partial charge in [-0.25, -0.2) is 0 Å². The van der Waals surface area contributed by atoms with Crippen molar-refractivity contribution < 1.29 is 14.3 Å².